The summed E-state index contributed by atoms with van der Waals surface area (Å²) in [7, 11) is 3.17. The van der Waals surface area contributed by atoms with Crippen LogP contribution in [0.5, 0.6) is 23.5 Å². The molecule has 4 rings (SSSR count). The molecule has 2 heterocycles. The smallest absolute Gasteiger partial charge is 0.319 e. The van der Waals surface area contributed by atoms with Crippen molar-refractivity contribution in [2.75, 3.05) is 38.1 Å². The largest absolute Gasteiger partial charge is 0.497 e. The van der Waals surface area contributed by atoms with E-state index in [-0.39, 0.29) is 34.7 Å². The number of methoxy groups -OCH3 is 2. The molecule has 0 fully saturated rings. The number of fused-ring (bicyclic) bond motifs is 1. The van der Waals surface area contributed by atoms with E-state index in [1.165, 1.54) is 0 Å². The Morgan fingerprint density at radius 1 is 0.600 bits per heavy atom. The molecule has 0 aliphatic rings. The van der Waals surface area contributed by atoms with Gasteiger partial charge in [-0.3, -0.25) is 0 Å². The van der Waals surface area contributed by atoms with E-state index in [1.54, 1.807) is 14.2 Å². The Bertz CT molecular complexity index is 1280. The first-order chi connectivity index (χ1) is 19.3. The second-order valence-corrected chi connectivity index (χ2v) is 8.39. The third-order valence-electron chi connectivity index (χ3n) is 5.46. The minimum atomic E-state index is -1.74. The maximum absolute atomic E-state index is 9.28. The highest BCUT2D eigenvalue weighted by Gasteiger charge is 2.19. The van der Waals surface area contributed by atoms with E-state index in [9.17, 15) is 20.4 Å². The summed E-state index contributed by atoms with van der Waals surface area (Å²) in [4.78, 5) is 17.5. The van der Waals surface area contributed by atoms with Crippen molar-refractivity contribution < 1.29 is 39.4 Å². The number of aromatic nitrogens is 4. The number of hydrogen-bond donors (Lipinski definition) is 6. The van der Waals surface area contributed by atoms with Crippen LogP contribution in [0, 0.1) is 0 Å². The minimum Gasteiger partial charge on any atom is -0.497 e. The van der Waals surface area contributed by atoms with Gasteiger partial charge in [0.25, 0.3) is 0 Å². The molecule has 212 valence electrons. The Kier molecular flexibility index (Phi) is 9.64. The number of hydrogen-bond acceptors (Lipinski definition) is 14. The molecule has 0 atom stereocenters. The van der Waals surface area contributed by atoms with Gasteiger partial charge in [-0.1, -0.05) is 24.3 Å². The normalized spacial score (nSPS) is 11.1. The summed E-state index contributed by atoms with van der Waals surface area (Å²) in [5, 5.41) is 43.5. The lowest BCUT2D eigenvalue weighted by molar-refractivity contribution is -0.0701. The minimum absolute atomic E-state index is 0.145. The summed E-state index contributed by atoms with van der Waals surface area (Å²) in [5.41, 5.74) is 2.32. The average molecular weight is 555 g/mol. The molecule has 0 saturated heterocycles. The molecular weight excluding hydrogens is 524 g/mol. The topological polar surface area (TPSA) is 193 Å². The Morgan fingerprint density at radius 2 is 0.975 bits per heavy atom. The first-order valence-electron chi connectivity index (χ1n) is 12.2. The second-order valence-electron chi connectivity index (χ2n) is 8.39. The van der Waals surface area contributed by atoms with Gasteiger partial charge in [-0.25, -0.2) is 0 Å². The van der Waals surface area contributed by atoms with Crippen molar-refractivity contribution in [3.8, 4) is 23.5 Å². The summed E-state index contributed by atoms with van der Waals surface area (Å²) < 4.78 is 21.2. The third-order valence-corrected chi connectivity index (χ3v) is 5.46. The molecule has 0 saturated carbocycles. The van der Waals surface area contributed by atoms with E-state index < -0.39 is 25.8 Å². The number of anilines is 2. The van der Waals surface area contributed by atoms with Gasteiger partial charge < -0.3 is 50.0 Å². The molecule has 0 aliphatic heterocycles. The Morgan fingerprint density at radius 3 is 1.30 bits per heavy atom. The molecule has 14 heteroatoms. The molecule has 0 radical (unpaired) electrons. The van der Waals surface area contributed by atoms with E-state index in [0.29, 0.717) is 24.6 Å². The van der Waals surface area contributed by atoms with Crippen molar-refractivity contribution in [1.82, 2.24) is 19.9 Å². The van der Waals surface area contributed by atoms with Crippen LogP contribution in [0.15, 0.2) is 48.5 Å². The average Bonchev–Trinajstić information content (AvgIpc) is 2.97. The van der Waals surface area contributed by atoms with Crippen LogP contribution in [0.4, 0.5) is 11.6 Å². The van der Waals surface area contributed by atoms with E-state index >= 15 is 0 Å². The quantitative estimate of drug-likeness (QED) is 0.121. The van der Waals surface area contributed by atoms with Gasteiger partial charge in [0.2, 0.25) is 0 Å². The van der Waals surface area contributed by atoms with E-state index in [0.717, 1.165) is 11.1 Å². The number of nitrogens with zero attached hydrogens (tertiary/aromatic N) is 4. The summed E-state index contributed by atoms with van der Waals surface area (Å²) in [6.45, 7) is -0.256. The highest BCUT2D eigenvalue weighted by molar-refractivity contribution is 5.93. The number of aliphatic hydroxyl groups is 4. The van der Waals surface area contributed by atoms with Crippen molar-refractivity contribution in [2.45, 2.75) is 25.7 Å². The van der Waals surface area contributed by atoms with Crippen LogP contribution in [0.3, 0.4) is 0 Å². The van der Waals surface area contributed by atoms with E-state index in [2.05, 4.69) is 30.6 Å². The summed E-state index contributed by atoms with van der Waals surface area (Å²) >= 11 is 0. The highest BCUT2D eigenvalue weighted by Crippen LogP contribution is 2.29. The zero-order valence-electron chi connectivity index (χ0n) is 21.8. The van der Waals surface area contributed by atoms with Gasteiger partial charge in [-0.15, -0.1) is 0 Å². The van der Waals surface area contributed by atoms with Gasteiger partial charge in [0.1, 0.15) is 35.7 Å². The van der Waals surface area contributed by atoms with Crippen molar-refractivity contribution in [1.29, 1.82) is 0 Å². The van der Waals surface area contributed by atoms with Crippen LogP contribution in [0.2, 0.25) is 0 Å². The lowest BCUT2D eigenvalue weighted by atomic mass is 10.2. The van der Waals surface area contributed by atoms with Gasteiger partial charge in [0.15, 0.2) is 24.2 Å². The first-order valence-corrected chi connectivity index (χ1v) is 12.2. The molecule has 0 unspecified atom stereocenters. The van der Waals surface area contributed by atoms with Crippen molar-refractivity contribution in [2.24, 2.45) is 0 Å². The zero-order valence-corrected chi connectivity index (χ0v) is 21.8. The molecule has 40 heavy (non-hydrogen) atoms. The first kappa shape index (κ1) is 28.5. The van der Waals surface area contributed by atoms with Gasteiger partial charge in [0, 0.05) is 13.1 Å². The van der Waals surface area contributed by atoms with Crippen LogP contribution in [0.1, 0.15) is 11.1 Å². The zero-order chi connectivity index (χ0) is 28.5. The number of nitrogens with one attached hydrogen (secondary N) is 2. The summed E-state index contributed by atoms with van der Waals surface area (Å²) in [6.07, 6.45) is -3.47. The monoisotopic (exact) mass is 554 g/mol. The lowest BCUT2D eigenvalue weighted by Crippen LogP contribution is -2.19. The fraction of sp³-hybridized carbons (Fsp3) is 0.308. The fourth-order valence-corrected chi connectivity index (χ4v) is 3.51. The van der Waals surface area contributed by atoms with Gasteiger partial charge in [-0.05, 0) is 35.4 Å². The number of ether oxygens (including phenoxy) is 4. The van der Waals surface area contributed by atoms with E-state index in [1.807, 2.05) is 48.5 Å². The Hall–Kier alpha value is -4.50. The van der Waals surface area contributed by atoms with Crippen LogP contribution in [-0.2, 0) is 13.1 Å². The summed E-state index contributed by atoms with van der Waals surface area (Å²) in [5.74, 6) is 1.91. The number of aliphatic hydroxyl groups excluding tert-OH is 2. The van der Waals surface area contributed by atoms with Crippen LogP contribution >= 0.6 is 0 Å². The summed E-state index contributed by atoms with van der Waals surface area (Å²) in [6, 6.07) is 14.5. The molecule has 0 bridgehead atoms. The van der Waals surface area contributed by atoms with Crippen molar-refractivity contribution in [3.63, 3.8) is 0 Å². The predicted molar refractivity (Wildman–Crippen MR) is 143 cm³/mol. The van der Waals surface area contributed by atoms with E-state index in [4.69, 9.17) is 18.9 Å². The molecule has 14 nitrogen and oxygen atoms in total. The molecule has 2 aromatic heterocycles. The fourth-order valence-electron chi connectivity index (χ4n) is 3.51. The molecule has 4 aromatic rings. The van der Waals surface area contributed by atoms with Gasteiger partial charge in [-0.2, -0.15) is 19.9 Å². The molecular formula is C26H30N6O8. The maximum Gasteiger partial charge on any atom is 0.319 e. The predicted octanol–water partition coefficient (Wildman–Crippen LogP) is 1.04. The molecule has 0 spiro atoms. The van der Waals surface area contributed by atoms with Crippen molar-refractivity contribution >= 4 is 22.7 Å². The molecule has 2 aromatic carbocycles. The maximum atomic E-state index is 9.28. The van der Waals surface area contributed by atoms with Crippen molar-refractivity contribution in [3.05, 3.63) is 59.7 Å². The third kappa shape index (κ3) is 7.77. The SMILES string of the molecule is COc1ccc(CNc2nc(OCC(O)O)nc3c(NCc4ccc(OC)cc4)nc(OCC(O)O)nc23)cc1. The van der Waals surface area contributed by atoms with Crippen LogP contribution in [0.25, 0.3) is 11.0 Å². The molecule has 0 aliphatic carbocycles. The van der Waals surface area contributed by atoms with Gasteiger partial charge in [0.05, 0.1) is 14.2 Å². The van der Waals surface area contributed by atoms with Crippen LogP contribution in [-0.4, -0.2) is 80.4 Å². The standard InChI is InChI=1S/C26H30N6O8/c1-37-17-7-3-15(4-8-17)11-27-23-21-22(30-25(31-23)39-13-19(33)34)24(32-26(29-21)40-14-20(35)36)28-12-16-5-9-18(38-2)10-6-16/h3-10,19-20,33-36H,11-14H2,1-2H3,(H,27,30,31)(H,28,29,32). The lowest BCUT2D eigenvalue weighted by Gasteiger charge is -2.15. The highest BCUT2D eigenvalue weighted by atomic mass is 16.6. The molecule has 6 N–H and O–H groups in total. The second kappa shape index (κ2) is 13.5. The Balaban J connectivity index is 1.72. The Labute approximate surface area is 229 Å². The molecule has 0 amide bonds. The number of benzene rings is 2. The van der Waals surface area contributed by atoms with Gasteiger partial charge >= 0.3 is 12.0 Å². The number of rotatable bonds is 14. The van der Waals surface area contributed by atoms with Crippen LogP contribution < -0.4 is 29.6 Å².